The first-order valence-corrected chi connectivity index (χ1v) is 12.4. The number of allylic oxidation sites excluding steroid dienone is 2. The van der Waals surface area contributed by atoms with E-state index in [0.29, 0.717) is 39.4 Å². The number of carboxylic acid groups (broad SMARTS) is 1. The minimum absolute atomic E-state index is 0.139. The summed E-state index contributed by atoms with van der Waals surface area (Å²) in [5, 5.41) is 21.3. The number of fused-ring (bicyclic) bond motifs is 1. The lowest BCUT2D eigenvalue weighted by Gasteiger charge is -2.21. The third-order valence-electron chi connectivity index (χ3n) is 6.55. The first-order valence-electron chi connectivity index (χ1n) is 12.0. The van der Waals surface area contributed by atoms with Crippen molar-refractivity contribution in [1.82, 2.24) is 5.32 Å². The predicted molar refractivity (Wildman–Crippen MR) is 141 cm³/mol. The second kappa shape index (κ2) is 10.7. The molecule has 0 fully saturated rings. The van der Waals surface area contributed by atoms with E-state index in [4.69, 9.17) is 16.7 Å². The first-order chi connectivity index (χ1) is 18.7. The number of rotatable bonds is 7. The molecule has 2 aliphatic heterocycles. The summed E-state index contributed by atoms with van der Waals surface area (Å²) >= 11 is 6.02. The van der Waals surface area contributed by atoms with E-state index in [1.165, 1.54) is 22.9 Å². The van der Waals surface area contributed by atoms with Crippen molar-refractivity contribution < 1.29 is 28.2 Å². The molecule has 1 amide bonds. The fourth-order valence-corrected chi connectivity index (χ4v) is 4.59. The highest BCUT2D eigenvalue weighted by Gasteiger charge is 2.42. The largest absolute Gasteiger partial charge is 0.478 e. The molecule has 2 aliphatic rings. The molecule has 2 N–H and O–H groups in total. The molecular formula is C29H22ClF2N4O3+. The van der Waals surface area contributed by atoms with Crippen molar-refractivity contribution in [1.29, 1.82) is 0 Å². The Hall–Kier alpha value is -4.50. The Morgan fingerprint density at radius 2 is 1.77 bits per heavy atom. The number of nitrogens with one attached hydrogen (secondary N) is 1. The predicted octanol–water partition coefficient (Wildman–Crippen LogP) is 5.92. The number of hydrogen-bond donors (Lipinski definition) is 2. The summed E-state index contributed by atoms with van der Waals surface area (Å²) in [4.78, 5) is 24.8. The smallest absolute Gasteiger partial charge is 0.335 e. The third-order valence-corrected chi connectivity index (χ3v) is 6.80. The van der Waals surface area contributed by atoms with Gasteiger partial charge in [0.15, 0.2) is 11.6 Å². The van der Waals surface area contributed by atoms with Gasteiger partial charge in [-0.2, -0.15) is 0 Å². The maximum atomic E-state index is 14.0. The Morgan fingerprint density at radius 1 is 1.05 bits per heavy atom. The Kier molecular flexibility index (Phi) is 7.17. The van der Waals surface area contributed by atoms with Crippen LogP contribution in [-0.2, 0) is 11.2 Å². The van der Waals surface area contributed by atoms with Gasteiger partial charge in [0.2, 0.25) is 11.8 Å². The lowest BCUT2D eigenvalue weighted by Crippen LogP contribution is -2.40. The normalized spacial score (nSPS) is 16.9. The zero-order valence-electron chi connectivity index (χ0n) is 20.6. The number of hydrogen-bond acceptors (Lipinski definition) is 4. The molecule has 3 aromatic carbocycles. The Morgan fingerprint density at radius 3 is 2.44 bits per heavy atom. The van der Waals surface area contributed by atoms with Crippen LogP contribution in [0.15, 0.2) is 94.9 Å². The fraction of sp³-hybridized carbons (Fsp3) is 0.138. The third kappa shape index (κ3) is 5.53. The van der Waals surface area contributed by atoms with E-state index in [9.17, 15) is 18.4 Å². The summed E-state index contributed by atoms with van der Waals surface area (Å²) in [5.74, 6) is -3.43. The zero-order chi connectivity index (χ0) is 27.7. The second-order valence-electron chi connectivity index (χ2n) is 9.20. The highest BCUT2D eigenvalue weighted by molar-refractivity contribution is 6.30. The summed E-state index contributed by atoms with van der Waals surface area (Å²) in [6, 6.07) is 15.9. The molecule has 5 rings (SSSR count). The van der Waals surface area contributed by atoms with Gasteiger partial charge >= 0.3 is 5.97 Å². The zero-order valence-corrected chi connectivity index (χ0v) is 21.4. The number of benzene rings is 3. The first kappa shape index (κ1) is 26.1. The van der Waals surface area contributed by atoms with Gasteiger partial charge in [-0.3, -0.25) is 4.79 Å². The number of nitrogens with zero attached hydrogens (tertiary/aromatic N) is 3. The van der Waals surface area contributed by atoms with Crippen molar-refractivity contribution in [3.63, 3.8) is 0 Å². The molecule has 2 heterocycles. The van der Waals surface area contributed by atoms with Crippen molar-refractivity contribution >= 4 is 34.8 Å². The number of carbonyl (C=O) groups excluding carboxylic acids is 1. The molecule has 0 saturated heterocycles. The molecular weight excluding hydrogens is 526 g/mol. The Balaban J connectivity index is 1.46. The quantitative estimate of drug-likeness (QED) is 0.359. The lowest BCUT2D eigenvalue weighted by atomic mass is 9.90. The molecule has 0 aliphatic carbocycles. The summed E-state index contributed by atoms with van der Waals surface area (Å²) in [6.45, 7) is 1.78. The van der Waals surface area contributed by atoms with Crippen LogP contribution >= 0.6 is 11.6 Å². The van der Waals surface area contributed by atoms with Gasteiger partial charge in [0.1, 0.15) is 11.4 Å². The average molecular weight is 548 g/mol. The molecule has 39 heavy (non-hydrogen) atoms. The van der Waals surface area contributed by atoms with E-state index in [0.717, 1.165) is 17.7 Å². The standard InChI is InChI=1S/C29H21ClF2N4O3/c1-16(18-4-6-19(7-5-18)29(38)39)33-28(37)23-13-21(20-8-11-24(31)25(32)14-20)15-36-27(23)26(34-35-36)12-17-2-9-22(30)10-3-17/h2-11,13-16,27H,12H2,1H3,(H-,33,37,38,39)/p+1/t16-,27?/m0/s1. The van der Waals surface area contributed by atoms with Gasteiger partial charge in [-0.1, -0.05) is 41.9 Å². The van der Waals surface area contributed by atoms with Crippen LogP contribution in [0.4, 0.5) is 8.78 Å². The minimum atomic E-state index is -1.04. The lowest BCUT2D eigenvalue weighted by molar-refractivity contribution is -0.535. The van der Waals surface area contributed by atoms with Crippen LogP contribution in [0, 0.1) is 11.6 Å². The molecule has 0 bridgehead atoms. The van der Waals surface area contributed by atoms with Gasteiger partial charge in [0.25, 0.3) is 5.91 Å². The van der Waals surface area contributed by atoms with Crippen LogP contribution < -0.4 is 5.32 Å². The topological polar surface area (TPSA) is 94.1 Å². The summed E-state index contributed by atoms with van der Waals surface area (Å²) in [5.41, 5.74) is 3.55. The number of aromatic carboxylic acids is 1. The van der Waals surface area contributed by atoms with Crippen LogP contribution in [0.2, 0.25) is 5.02 Å². The van der Waals surface area contributed by atoms with Crippen molar-refractivity contribution in [3.05, 3.63) is 123 Å². The highest BCUT2D eigenvalue weighted by atomic mass is 35.5. The second-order valence-corrected chi connectivity index (χ2v) is 9.64. The molecule has 0 spiro atoms. The van der Waals surface area contributed by atoms with Gasteiger partial charge in [0, 0.05) is 17.0 Å². The molecule has 0 aromatic heterocycles. The Labute approximate surface area is 227 Å². The van der Waals surface area contributed by atoms with Crippen LogP contribution in [0.5, 0.6) is 0 Å². The molecule has 3 aromatic rings. The van der Waals surface area contributed by atoms with E-state index >= 15 is 0 Å². The van der Waals surface area contributed by atoms with Crippen LogP contribution in [-0.4, -0.2) is 33.4 Å². The number of carboxylic acids is 1. The van der Waals surface area contributed by atoms with Crippen molar-refractivity contribution in [2.75, 3.05) is 0 Å². The molecule has 2 atom stereocenters. The van der Waals surface area contributed by atoms with Crippen LogP contribution in [0.25, 0.3) is 5.57 Å². The molecule has 1 unspecified atom stereocenters. The summed E-state index contributed by atoms with van der Waals surface area (Å²) < 4.78 is 29.1. The van der Waals surface area contributed by atoms with E-state index in [1.54, 1.807) is 43.5 Å². The fourth-order valence-electron chi connectivity index (χ4n) is 4.46. The van der Waals surface area contributed by atoms with Gasteiger partial charge < -0.3 is 10.4 Å². The van der Waals surface area contributed by atoms with Gasteiger partial charge in [-0.05, 0) is 66.1 Å². The van der Waals surface area contributed by atoms with Crippen LogP contribution in [0.1, 0.15) is 40.0 Å². The minimum Gasteiger partial charge on any atom is -0.478 e. The summed E-state index contributed by atoms with van der Waals surface area (Å²) in [7, 11) is 0. The van der Waals surface area contributed by atoms with E-state index in [2.05, 4.69) is 15.6 Å². The number of amides is 1. The summed E-state index contributed by atoms with van der Waals surface area (Å²) in [6.07, 6.45) is 3.68. The van der Waals surface area contributed by atoms with Gasteiger partial charge in [-0.25, -0.2) is 13.6 Å². The van der Waals surface area contributed by atoms with Crippen molar-refractivity contribution in [2.24, 2.45) is 10.3 Å². The Bertz CT molecular complexity index is 1600. The number of halogens is 3. The molecule has 196 valence electrons. The van der Waals surface area contributed by atoms with Gasteiger partial charge in [-0.15, -0.1) is 4.70 Å². The molecule has 0 radical (unpaired) electrons. The van der Waals surface area contributed by atoms with E-state index in [1.807, 2.05) is 12.1 Å². The van der Waals surface area contributed by atoms with E-state index < -0.39 is 35.6 Å². The molecule has 10 heteroatoms. The SMILES string of the molecule is C[C@H](NC(=O)C1=CC(c2ccc(F)c(F)c2)=C[N+]2=NN=C(Cc3ccc(Cl)cc3)C12)c1ccc(C(=O)O)cc1. The molecule has 0 saturated carbocycles. The van der Waals surface area contributed by atoms with Crippen LogP contribution in [0.3, 0.4) is 0 Å². The number of carbonyl (C=O) groups is 2. The monoisotopic (exact) mass is 547 g/mol. The average Bonchev–Trinajstić information content (AvgIpc) is 3.33. The maximum Gasteiger partial charge on any atom is 0.335 e. The maximum absolute atomic E-state index is 14.0. The van der Waals surface area contributed by atoms with E-state index in [-0.39, 0.29) is 5.56 Å². The highest BCUT2D eigenvalue weighted by Crippen LogP contribution is 2.31. The van der Waals surface area contributed by atoms with Crippen molar-refractivity contribution in [2.45, 2.75) is 25.4 Å². The van der Waals surface area contributed by atoms with Crippen molar-refractivity contribution in [3.8, 4) is 0 Å². The molecule has 7 nitrogen and oxygen atoms in total. The van der Waals surface area contributed by atoms with Gasteiger partial charge in [0.05, 0.1) is 22.3 Å².